The van der Waals surface area contributed by atoms with E-state index < -0.39 is 0 Å². The topological polar surface area (TPSA) is 50.3 Å². The zero-order valence-corrected chi connectivity index (χ0v) is 12.3. The van der Waals surface area contributed by atoms with E-state index in [0.717, 1.165) is 36.7 Å². The minimum Gasteiger partial charge on any atom is -0.394 e. The van der Waals surface area contributed by atoms with Crippen LogP contribution in [-0.4, -0.2) is 46.4 Å². The molecule has 1 aromatic heterocycles. The summed E-state index contributed by atoms with van der Waals surface area (Å²) in [4.78, 5) is 5.10. The number of nitrogens with two attached hydrogens (primary N) is 1. The molecule has 2 N–H and O–H groups in total. The Kier molecular flexibility index (Phi) is 3.17. The first-order valence-electron chi connectivity index (χ1n) is 7.43. The fraction of sp³-hybridized carbons (Fsp3) is 0.786. The van der Waals surface area contributed by atoms with Crippen LogP contribution in [0.15, 0.2) is 0 Å². The van der Waals surface area contributed by atoms with E-state index in [9.17, 15) is 0 Å². The normalized spacial score (nSPS) is 27.8. The van der Waals surface area contributed by atoms with Gasteiger partial charge in [-0.2, -0.15) is 5.10 Å². The molecule has 0 amide bonds. The second-order valence-electron chi connectivity index (χ2n) is 5.95. The quantitative estimate of drug-likeness (QED) is 0.872. The van der Waals surface area contributed by atoms with Gasteiger partial charge in [0.1, 0.15) is 0 Å². The van der Waals surface area contributed by atoms with Crippen molar-refractivity contribution in [2.75, 3.05) is 30.3 Å². The third-order valence-corrected chi connectivity index (χ3v) is 4.67. The minimum absolute atomic E-state index is 0.511. The molecule has 5 heteroatoms. The maximum atomic E-state index is 6.31. The smallest absolute Gasteiger partial charge is 0.150 e. The summed E-state index contributed by atoms with van der Waals surface area (Å²) < 4.78 is 1.97. The molecule has 0 spiro atoms. The Morgan fingerprint density at radius 3 is 2.84 bits per heavy atom. The lowest BCUT2D eigenvalue weighted by Crippen LogP contribution is -2.55. The number of hydrogen-bond donors (Lipinski definition) is 1. The van der Waals surface area contributed by atoms with Crippen molar-refractivity contribution < 1.29 is 0 Å². The molecule has 0 aromatic carbocycles. The third kappa shape index (κ3) is 2.00. The average Bonchev–Trinajstić information content (AvgIpc) is 2.93. The van der Waals surface area contributed by atoms with Crippen molar-refractivity contribution in [2.45, 2.75) is 45.2 Å². The SMILES string of the molecule is CCc1nn(C)c(N2CC3CCCN3CC2C)c1N. The van der Waals surface area contributed by atoms with Crippen molar-refractivity contribution >= 4 is 11.5 Å². The molecule has 0 bridgehead atoms. The summed E-state index contributed by atoms with van der Waals surface area (Å²) in [7, 11) is 2.01. The summed E-state index contributed by atoms with van der Waals surface area (Å²) in [6.07, 6.45) is 3.56. The number of aromatic nitrogens is 2. The van der Waals surface area contributed by atoms with Gasteiger partial charge in [-0.05, 0) is 32.7 Å². The number of fused-ring (bicyclic) bond motifs is 1. The fourth-order valence-corrected chi connectivity index (χ4v) is 3.67. The maximum Gasteiger partial charge on any atom is 0.150 e. The van der Waals surface area contributed by atoms with Gasteiger partial charge in [0.25, 0.3) is 0 Å². The van der Waals surface area contributed by atoms with Gasteiger partial charge in [0, 0.05) is 32.2 Å². The Morgan fingerprint density at radius 2 is 2.16 bits per heavy atom. The van der Waals surface area contributed by atoms with Crippen LogP contribution in [0, 0.1) is 0 Å². The molecule has 5 nitrogen and oxygen atoms in total. The number of nitrogen functional groups attached to an aromatic ring is 1. The van der Waals surface area contributed by atoms with Crippen LogP contribution in [0.1, 0.15) is 32.4 Å². The first-order chi connectivity index (χ1) is 9.11. The molecule has 19 heavy (non-hydrogen) atoms. The molecule has 3 heterocycles. The molecule has 2 fully saturated rings. The number of aryl methyl sites for hydroxylation is 2. The molecule has 0 saturated carbocycles. The van der Waals surface area contributed by atoms with Crippen molar-refractivity contribution in [1.29, 1.82) is 0 Å². The van der Waals surface area contributed by atoms with Crippen LogP contribution >= 0.6 is 0 Å². The molecule has 3 rings (SSSR count). The summed E-state index contributed by atoms with van der Waals surface area (Å²) in [6.45, 7) is 7.92. The van der Waals surface area contributed by atoms with Gasteiger partial charge in [0.15, 0.2) is 5.82 Å². The monoisotopic (exact) mass is 263 g/mol. The van der Waals surface area contributed by atoms with Crippen LogP contribution in [-0.2, 0) is 13.5 Å². The second-order valence-corrected chi connectivity index (χ2v) is 5.95. The van der Waals surface area contributed by atoms with Crippen LogP contribution in [0.3, 0.4) is 0 Å². The molecule has 0 aliphatic carbocycles. The van der Waals surface area contributed by atoms with Gasteiger partial charge in [0.05, 0.1) is 11.4 Å². The molecule has 2 aliphatic heterocycles. The van der Waals surface area contributed by atoms with Gasteiger partial charge in [-0.25, -0.2) is 0 Å². The van der Waals surface area contributed by atoms with Gasteiger partial charge in [-0.15, -0.1) is 0 Å². The molecule has 0 radical (unpaired) electrons. The lowest BCUT2D eigenvalue weighted by Gasteiger charge is -2.43. The average molecular weight is 263 g/mol. The van der Waals surface area contributed by atoms with E-state index in [0.29, 0.717) is 12.1 Å². The Labute approximate surface area is 115 Å². The minimum atomic E-state index is 0.511. The lowest BCUT2D eigenvalue weighted by molar-refractivity contribution is 0.201. The molecular formula is C14H25N5. The van der Waals surface area contributed by atoms with E-state index >= 15 is 0 Å². The number of nitrogens with zero attached hydrogens (tertiary/aromatic N) is 4. The second kappa shape index (κ2) is 4.71. The highest BCUT2D eigenvalue weighted by Gasteiger charge is 2.36. The summed E-state index contributed by atoms with van der Waals surface area (Å²) in [5.74, 6) is 1.12. The third-order valence-electron chi connectivity index (χ3n) is 4.67. The van der Waals surface area contributed by atoms with Crippen LogP contribution < -0.4 is 10.6 Å². The van der Waals surface area contributed by atoms with E-state index in [1.807, 2.05) is 11.7 Å². The Bertz CT molecular complexity index is 467. The number of hydrogen-bond acceptors (Lipinski definition) is 4. The summed E-state index contributed by atoms with van der Waals surface area (Å²) >= 11 is 0. The van der Waals surface area contributed by atoms with E-state index in [-0.39, 0.29) is 0 Å². The Morgan fingerprint density at radius 1 is 1.37 bits per heavy atom. The highest BCUT2D eigenvalue weighted by Crippen LogP contribution is 2.33. The van der Waals surface area contributed by atoms with Crippen molar-refractivity contribution in [1.82, 2.24) is 14.7 Å². The van der Waals surface area contributed by atoms with E-state index in [4.69, 9.17) is 5.73 Å². The van der Waals surface area contributed by atoms with Crippen molar-refractivity contribution in [3.05, 3.63) is 5.69 Å². The zero-order valence-electron chi connectivity index (χ0n) is 12.3. The molecule has 2 aliphatic rings. The fourth-order valence-electron chi connectivity index (χ4n) is 3.67. The molecule has 1 aromatic rings. The van der Waals surface area contributed by atoms with Gasteiger partial charge in [-0.3, -0.25) is 9.58 Å². The van der Waals surface area contributed by atoms with Gasteiger partial charge in [0.2, 0.25) is 0 Å². The van der Waals surface area contributed by atoms with Crippen LogP contribution in [0.5, 0.6) is 0 Å². The van der Waals surface area contributed by atoms with Crippen LogP contribution in [0.25, 0.3) is 0 Å². The highest BCUT2D eigenvalue weighted by atomic mass is 15.4. The van der Waals surface area contributed by atoms with E-state index in [1.165, 1.54) is 19.4 Å². The highest BCUT2D eigenvalue weighted by molar-refractivity contribution is 5.67. The summed E-state index contributed by atoms with van der Waals surface area (Å²) in [5, 5.41) is 4.56. The molecule has 106 valence electrons. The summed E-state index contributed by atoms with van der Waals surface area (Å²) in [6, 6.07) is 1.22. The number of piperazine rings is 1. The van der Waals surface area contributed by atoms with Gasteiger partial charge in [-0.1, -0.05) is 6.92 Å². The maximum absolute atomic E-state index is 6.31. The van der Waals surface area contributed by atoms with E-state index in [1.54, 1.807) is 0 Å². The van der Waals surface area contributed by atoms with Gasteiger partial charge >= 0.3 is 0 Å². The first-order valence-corrected chi connectivity index (χ1v) is 7.43. The van der Waals surface area contributed by atoms with Crippen molar-refractivity contribution in [2.24, 2.45) is 7.05 Å². The standard InChI is InChI=1S/C14H25N5/c1-4-12-13(15)14(17(3)16-12)19-9-11-6-5-7-18(11)8-10(19)2/h10-11H,4-9,15H2,1-3H3. The molecule has 2 unspecified atom stereocenters. The zero-order chi connectivity index (χ0) is 13.6. The largest absolute Gasteiger partial charge is 0.394 e. The number of anilines is 2. The Hall–Kier alpha value is -1.23. The number of rotatable bonds is 2. The van der Waals surface area contributed by atoms with Crippen LogP contribution in [0.4, 0.5) is 11.5 Å². The van der Waals surface area contributed by atoms with E-state index in [2.05, 4.69) is 28.7 Å². The van der Waals surface area contributed by atoms with Crippen molar-refractivity contribution in [3.8, 4) is 0 Å². The first kappa shape index (κ1) is 12.8. The predicted octanol–water partition coefficient (Wildman–Crippen LogP) is 1.24. The summed E-state index contributed by atoms with van der Waals surface area (Å²) in [5.41, 5.74) is 8.21. The molecule has 2 saturated heterocycles. The molecule has 2 atom stereocenters. The van der Waals surface area contributed by atoms with Crippen LogP contribution in [0.2, 0.25) is 0 Å². The van der Waals surface area contributed by atoms with Gasteiger partial charge < -0.3 is 10.6 Å². The molecular weight excluding hydrogens is 238 g/mol. The van der Waals surface area contributed by atoms with Crippen molar-refractivity contribution in [3.63, 3.8) is 0 Å². The predicted molar refractivity (Wildman–Crippen MR) is 78.4 cm³/mol. The lowest BCUT2D eigenvalue weighted by atomic mass is 10.1. The Balaban J connectivity index is 1.91.